The molecule has 0 saturated heterocycles. The third-order valence-corrected chi connectivity index (χ3v) is 9.62. The molecule has 4 atom stereocenters. The van der Waals surface area contributed by atoms with E-state index in [2.05, 4.69) is 40.4 Å². The molecule has 0 aliphatic heterocycles. The first-order valence-electron chi connectivity index (χ1n) is 8.84. The highest BCUT2D eigenvalue weighted by Crippen LogP contribution is 2.38. The normalized spacial score (nSPS) is 17.8. The van der Waals surface area contributed by atoms with Crippen LogP contribution in [0.1, 0.15) is 54.9 Å². The van der Waals surface area contributed by atoms with Gasteiger partial charge in [0, 0.05) is 19.4 Å². The summed E-state index contributed by atoms with van der Waals surface area (Å²) in [6, 6.07) is 0. The number of hydrogen-bond acceptors (Lipinski definition) is 4. The highest BCUT2D eigenvalue weighted by molar-refractivity contribution is 6.74. The molecule has 0 bridgehead atoms. The van der Waals surface area contributed by atoms with E-state index in [0.717, 1.165) is 5.57 Å². The zero-order valence-electron chi connectivity index (χ0n) is 17.4. The van der Waals surface area contributed by atoms with E-state index >= 15 is 0 Å². The Balaban J connectivity index is 5.27. The Morgan fingerprint density at radius 3 is 2.04 bits per heavy atom. The fourth-order valence-electron chi connectivity index (χ4n) is 2.60. The van der Waals surface area contributed by atoms with Crippen molar-refractivity contribution in [2.24, 2.45) is 5.92 Å². The van der Waals surface area contributed by atoms with E-state index in [1.165, 1.54) is 0 Å². The van der Waals surface area contributed by atoms with Crippen LogP contribution in [0.2, 0.25) is 18.1 Å². The van der Waals surface area contributed by atoms with Gasteiger partial charge in [-0.05, 0) is 37.6 Å². The standard InChI is InChI=1S/C19H38O4Si/c1-12-16(20)22-17(13(2)3)14(4)18(21-9)15(5)23-24(10,11)19(6,7)8/h14-15,17-18H,2,12H2,1,3-11H3/t14-,15-,17-,18+/m0/s1. The molecule has 0 aliphatic rings. The van der Waals surface area contributed by atoms with Gasteiger partial charge in [0.1, 0.15) is 6.10 Å². The third-order valence-electron chi connectivity index (χ3n) is 5.05. The first-order chi connectivity index (χ1) is 10.8. The molecule has 5 heteroatoms. The number of ether oxygens (including phenoxy) is 2. The van der Waals surface area contributed by atoms with Gasteiger partial charge in [-0.2, -0.15) is 0 Å². The highest BCUT2D eigenvalue weighted by atomic mass is 28.4. The summed E-state index contributed by atoms with van der Waals surface area (Å²) in [6.07, 6.45) is -0.282. The minimum Gasteiger partial charge on any atom is -0.457 e. The van der Waals surface area contributed by atoms with Crippen molar-refractivity contribution in [3.63, 3.8) is 0 Å². The van der Waals surface area contributed by atoms with Crippen LogP contribution in [-0.2, 0) is 18.7 Å². The van der Waals surface area contributed by atoms with Gasteiger partial charge in [0.25, 0.3) is 0 Å². The van der Waals surface area contributed by atoms with Gasteiger partial charge in [-0.25, -0.2) is 0 Å². The Hall–Kier alpha value is -0.653. The maximum Gasteiger partial charge on any atom is 0.306 e. The number of methoxy groups -OCH3 is 1. The SMILES string of the molecule is C=C(C)[C@H](OC(=O)CC)[C@H](C)[C@@H](OC)[C@H](C)O[Si](C)(C)C(C)(C)C. The predicted molar refractivity (Wildman–Crippen MR) is 103 cm³/mol. The molecule has 0 fully saturated rings. The second-order valence-corrected chi connectivity index (χ2v) is 13.0. The summed E-state index contributed by atoms with van der Waals surface area (Å²) in [7, 11) is -0.220. The zero-order chi connectivity index (χ0) is 19.3. The van der Waals surface area contributed by atoms with Crippen LogP contribution in [0.25, 0.3) is 0 Å². The minimum absolute atomic E-state index is 0.0391. The maximum absolute atomic E-state index is 11.7. The van der Waals surface area contributed by atoms with Crippen molar-refractivity contribution in [2.45, 2.75) is 91.3 Å². The van der Waals surface area contributed by atoms with E-state index in [0.29, 0.717) is 6.42 Å². The molecule has 0 heterocycles. The molecule has 0 aromatic rings. The van der Waals surface area contributed by atoms with Crippen LogP contribution in [0.15, 0.2) is 12.2 Å². The molecule has 0 aromatic carbocycles. The first-order valence-corrected chi connectivity index (χ1v) is 11.7. The van der Waals surface area contributed by atoms with Crippen LogP contribution in [0.4, 0.5) is 0 Å². The Labute approximate surface area is 150 Å². The molecule has 0 saturated carbocycles. The van der Waals surface area contributed by atoms with Gasteiger partial charge in [0.15, 0.2) is 8.32 Å². The summed E-state index contributed by atoms with van der Waals surface area (Å²) in [5.41, 5.74) is 0.825. The van der Waals surface area contributed by atoms with Crippen LogP contribution in [0, 0.1) is 5.92 Å². The van der Waals surface area contributed by atoms with Crippen molar-refractivity contribution < 1.29 is 18.7 Å². The van der Waals surface area contributed by atoms with Crippen LogP contribution in [-0.4, -0.2) is 39.7 Å². The van der Waals surface area contributed by atoms with E-state index < -0.39 is 8.32 Å². The second-order valence-electron chi connectivity index (χ2n) is 8.25. The van der Waals surface area contributed by atoms with Gasteiger partial charge in [0.2, 0.25) is 0 Å². The summed E-state index contributed by atoms with van der Waals surface area (Å²) < 4.78 is 17.8. The Morgan fingerprint density at radius 2 is 1.71 bits per heavy atom. The van der Waals surface area contributed by atoms with Crippen molar-refractivity contribution >= 4 is 14.3 Å². The van der Waals surface area contributed by atoms with Crippen molar-refractivity contribution in [3.8, 4) is 0 Å². The molecule has 4 nitrogen and oxygen atoms in total. The van der Waals surface area contributed by atoms with Gasteiger partial charge >= 0.3 is 5.97 Å². The Bertz CT molecular complexity index is 426. The quantitative estimate of drug-likeness (QED) is 0.332. The lowest BCUT2D eigenvalue weighted by atomic mass is 9.91. The summed E-state index contributed by atoms with van der Waals surface area (Å²) in [5, 5.41) is 0.130. The number of esters is 1. The van der Waals surface area contributed by atoms with Gasteiger partial charge in [-0.15, -0.1) is 0 Å². The van der Waals surface area contributed by atoms with Crippen LogP contribution < -0.4 is 0 Å². The molecule has 0 aliphatic carbocycles. The van der Waals surface area contributed by atoms with Crippen molar-refractivity contribution in [1.29, 1.82) is 0 Å². The molecular weight excluding hydrogens is 320 g/mol. The van der Waals surface area contributed by atoms with E-state index in [1.54, 1.807) is 14.0 Å². The number of carbonyl (C=O) groups is 1. The van der Waals surface area contributed by atoms with Crippen molar-refractivity contribution in [3.05, 3.63) is 12.2 Å². The molecule has 0 N–H and O–H groups in total. The minimum atomic E-state index is -1.90. The van der Waals surface area contributed by atoms with E-state index in [-0.39, 0.29) is 35.2 Å². The van der Waals surface area contributed by atoms with Crippen LogP contribution >= 0.6 is 0 Å². The highest BCUT2D eigenvalue weighted by Gasteiger charge is 2.41. The molecule has 0 aromatic heterocycles. The molecular formula is C19H38O4Si. The largest absolute Gasteiger partial charge is 0.457 e. The summed E-state index contributed by atoms with van der Waals surface area (Å²) in [6.45, 7) is 22.9. The third kappa shape index (κ3) is 6.34. The molecule has 0 unspecified atom stereocenters. The molecule has 24 heavy (non-hydrogen) atoms. The van der Waals surface area contributed by atoms with Gasteiger partial charge in [0.05, 0.1) is 12.2 Å². The zero-order valence-corrected chi connectivity index (χ0v) is 18.4. The molecule has 142 valence electrons. The van der Waals surface area contributed by atoms with E-state index in [9.17, 15) is 4.79 Å². The van der Waals surface area contributed by atoms with Gasteiger partial charge < -0.3 is 13.9 Å². The first kappa shape index (κ1) is 23.3. The monoisotopic (exact) mass is 358 g/mol. The fraction of sp³-hybridized carbons (Fsp3) is 0.842. The smallest absolute Gasteiger partial charge is 0.306 e. The fourth-order valence-corrected chi connectivity index (χ4v) is 4.01. The lowest BCUT2D eigenvalue weighted by Crippen LogP contribution is -2.49. The molecule has 0 radical (unpaired) electrons. The average molecular weight is 359 g/mol. The number of hydrogen-bond donors (Lipinski definition) is 0. The Morgan fingerprint density at radius 1 is 1.21 bits per heavy atom. The number of carbonyl (C=O) groups excluding carboxylic acids is 1. The van der Waals surface area contributed by atoms with Crippen LogP contribution in [0.5, 0.6) is 0 Å². The molecule has 0 rings (SSSR count). The maximum atomic E-state index is 11.7. The van der Waals surface area contributed by atoms with Crippen molar-refractivity contribution in [1.82, 2.24) is 0 Å². The van der Waals surface area contributed by atoms with Crippen LogP contribution in [0.3, 0.4) is 0 Å². The molecule has 0 amide bonds. The van der Waals surface area contributed by atoms with Gasteiger partial charge in [-0.3, -0.25) is 4.79 Å². The Kier molecular flexibility index (Phi) is 8.91. The topological polar surface area (TPSA) is 44.8 Å². The predicted octanol–water partition coefficient (Wildman–Crippen LogP) is 4.95. The molecule has 0 spiro atoms. The summed E-state index contributed by atoms with van der Waals surface area (Å²) in [5.74, 6) is -0.259. The number of rotatable bonds is 9. The summed E-state index contributed by atoms with van der Waals surface area (Å²) in [4.78, 5) is 11.7. The van der Waals surface area contributed by atoms with Crippen molar-refractivity contribution in [2.75, 3.05) is 7.11 Å². The average Bonchev–Trinajstić information content (AvgIpc) is 2.42. The van der Waals surface area contributed by atoms with E-state index in [1.807, 2.05) is 20.8 Å². The summed E-state index contributed by atoms with van der Waals surface area (Å²) >= 11 is 0. The lowest BCUT2D eigenvalue weighted by molar-refractivity contribution is -0.153. The second kappa shape index (κ2) is 9.16. The lowest BCUT2D eigenvalue weighted by Gasteiger charge is -2.42. The van der Waals surface area contributed by atoms with E-state index in [4.69, 9.17) is 13.9 Å². The van der Waals surface area contributed by atoms with Gasteiger partial charge in [-0.1, -0.05) is 41.2 Å².